The first-order valence-electron chi connectivity index (χ1n) is 7.08. The summed E-state index contributed by atoms with van der Waals surface area (Å²) in [5.41, 5.74) is 0.286. The lowest BCUT2D eigenvalue weighted by atomic mass is 10.0. The van der Waals surface area contributed by atoms with Gasteiger partial charge in [0.15, 0.2) is 11.5 Å². The lowest BCUT2D eigenvalue weighted by Gasteiger charge is -2.20. The first-order valence-corrected chi connectivity index (χ1v) is 7.08. The average molecular weight is 325 g/mol. The van der Waals surface area contributed by atoms with Crippen LogP contribution in [0.4, 0.5) is 0 Å². The molecule has 23 heavy (non-hydrogen) atoms. The normalized spacial score (nSPS) is 11.6. The van der Waals surface area contributed by atoms with Crippen LogP contribution in [0.2, 0.25) is 0 Å². The van der Waals surface area contributed by atoms with Crippen molar-refractivity contribution in [1.29, 1.82) is 0 Å². The van der Waals surface area contributed by atoms with E-state index in [0.29, 0.717) is 17.2 Å². The molecule has 1 atom stereocenters. The molecule has 0 radical (unpaired) electrons. The van der Waals surface area contributed by atoms with Crippen LogP contribution in [0.15, 0.2) is 12.1 Å². The van der Waals surface area contributed by atoms with E-state index in [1.54, 1.807) is 0 Å². The van der Waals surface area contributed by atoms with Crippen molar-refractivity contribution < 1.29 is 28.5 Å². The van der Waals surface area contributed by atoms with E-state index in [0.717, 1.165) is 0 Å². The number of carbonyl (C=O) groups excluding carboxylic acids is 2. The number of benzene rings is 1. The van der Waals surface area contributed by atoms with Crippen molar-refractivity contribution in [3.63, 3.8) is 0 Å². The summed E-state index contributed by atoms with van der Waals surface area (Å²) in [4.78, 5) is 24.2. The molecular weight excluding hydrogens is 302 g/mol. The molecule has 1 rings (SSSR count). The third-order valence-corrected chi connectivity index (χ3v) is 3.34. The fourth-order valence-corrected chi connectivity index (χ4v) is 2.06. The third kappa shape index (κ3) is 4.28. The molecule has 0 saturated heterocycles. The summed E-state index contributed by atoms with van der Waals surface area (Å²) in [6.07, 6.45) is 0. The average Bonchev–Trinajstić information content (AvgIpc) is 2.56. The first kappa shape index (κ1) is 18.6. The van der Waals surface area contributed by atoms with Gasteiger partial charge in [-0.3, -0.25) is 4.79 Å². The summed E-state index contributed by atoms with van der Waals surface area (Å²) in [6, 6.07) is 2.29. The molecule has 0 aliphatic heterocycles. The molecule has 0 bridgehead atoms. The van der Waals surface area contributed by atoms with Crippen LogP contribution in [-0.4, -0.2) is 46.4 Å². The molecule has 0 heterocycles. The van der Waals surface area contributed by atoms with Crippen molar-refractivity contribution in [2.75, 3.05) is 28.4 Å². The maximum Gasteiger partial charge on any atom is 0.328 e. The summed E-state index contributed by atoms with van der Waals surface area (Å²) in [5.74, 6) is 0.0508. The highest BCUT2D eigenvalue weighted by Gasteiger charge is 2.26. The van der Waals surface area contributed by atoms with Crippen molar-refractivity contribution >= 4 is 11.9 Å². The predicted octanol–water partition coefficient (Wildman–Crippen LogP) is 1.64. The number of rotatable bonds is 7. The van der Waals surface area contributed by atoms with Crippen LogP contribution in [0.25, 0.3) is 0 Å². The van der Waals surface area contributed by atoms with Crippen molar-refractivity contribution in [3.05, 3.63) is 17.7 Å². The van der Waals surface area contributed by atoms with E-state index in [4.69, 9.17) is 18.9 Å². The van der Waals surface area contributed by atoms with Crippen LogP contribution in [0, 0.1) is 5.92 Å². The summed E-state index contributed by atoms with van der Waals surface area (Å²) >= 11 is 0. The third-order valence-electron chi connectivity index (χ3n) is 3.34. The SMILES string of the molecule is COC(=O)[C@H](NC(=O)c1cc(OC)c(OC)c(OC)c1)C(C)C. The first-order chi connectivity index (χ1) is 10.9. The highest BCUT2D eigenvalue weighted by molar-refractivity contribution is 5.98. The van der Waals surface area contributed by atoms with E-state index in [-0.39, 0.29) is 11.5 Å². The van der Waals surface area contributed by atoms with E-state index in [2.05, 4.69) is 5.32 Å². The van der Waals surface area contributed by atoms with Crippen LogP contribution in [-0.2, 0) is 9.53 Å². The molecule has 7 nitrogen and oxygen atoms in total. The zero-order valence-corrected chi connectivity index (χ0v) is 14.3. The maximum atomic E-state index is 12.4. The zero-order chi connectivity index (χ0) is 17.6. The Morgan fingerprint density at radius 3 is 1.83 bits per heavy atom. The molecule has 0 unspecified atom stereocenters. The van der Waals surface area contributed by atoms with Crippen molar-refractivity contribution in [3.8, 4) is 17.2 Å². The van der Waals surface area contributed by atoms with Gasteiger partial charge >= 0.3 is 5.97 Å². The Morgan fingerprint density at radius 1 is 0.957 bits per heavy atom. The summed E-state index contributed by atoms with van der Waals surface area (Å²) < 4.78 is 20.4. The topological polar surface area (TPSA) is 83.1 Å². The molecule has 1 aromatic carbocycles. The van der Waals surface area contributed by atoms with Gasteiger partial charge in [-0.1, -0.05) is 13.8 Å². The molecule has 0 aliphatic rings. The van der Waals surface area contributed by atoms with E-state index >= 15 is 0 Å². The monoisotopic (exact) mass is 325 g/mol. The number of ether oxygens (including phenoxy) is 4. The van der Waals surface area contributed by atoms with Crippen LogP contribution < -0.4 is 19.5 Å². The van der Waals surface area contributed by atoms with Crippen LogP contribution in [0.1, 0.15) is 24.2 Å². The summed E-state index contributed by atoms with van der Waals surface area (Å²) in [6.45, 7) is 3.63. The Labute approximate surface area is 135 Å². The molecule has 0 saturated carbocycles. The maximum absolute atomic E-state index is 12.4. The molecule has 128 valence electrons. The molecule has 0 spiro atoms. The Morgan fingerprint density at radius 2 is 1.48 bits per heavy atom. The number of amides is 1. The van der Waals surface area contributed by atoms with Gasteiger partial charge in [0.25, 0.3) is 5.91 Å². The van der Waals surface area contributed by atoms with Gasteiger partial charge in [-0.2, -0.15) is 0 Å². The molecular formula is C16H23NO6. The van der Waals surface area contributed by atoms with E-state index in [1.165, 1.54) is 40.6 Å². The fourth-order valence-electron chi connectivity index (χ4n) is 2.06. The molecule has 0 aliphatic carbocycles. The summed E-state index contributed by atoms with van der Waals surface area (Å²) in [5, 5.41) is 2.66. The number of esters is 1. The number of nitrogens with one attached hydrogen (secondary N) is 1. The molecule has 1 amide bonds. The number of methoxy groups -OCH3 is 4. The zero-order valence-electron chi connectivity index (χ0n) is 14.3. The van der Waals surface area contributed by atoms with Gasteiger partial charge in [-0.15, -0.1) is 0 Å². The van der Waals surface area contributed by atoms with Crippen LogP contribution in [0.5, 0.6) is 17.2 Å². The van der Waals surface area contributed by atoms with Crippen molar-refractivity contribution in [2.24, 2.45) is 5.92 Å². The largest absolute Gasteiger partial charge is 0.493 e. The Bertz CT molecular complexity index is 545. The molecule has 7 heteroatoms. The molecule has 0 aromatic heterocycles. The number of carbonyl (C=O) groups is 2. The number of hydrogen-bond donors (Lipinski definition) is 1. The van der Waals surface area contributed by atoms with Gasteiger partial charge in [0.2, 0.25) is 5.75 Å². The van der Waals surface area contributed by atoms with Crippen molar-refractivity contribution in [1.82, 2.24) is 5.32 Å². The van der Waals surface area contributed by atoms with Gasteiger partial charge in [-0.25, -0.2) is 4.79 Å². The number of hydrogen-bond acceptors (Lipinski definition) is 6. The van der Waals surface area contributed by atoms with E-state index < -0.39 is 17.9 Å². The molecule has 1 aromatic rings. The minimum absolute atomic E-state index is 0.117. The molecule has 1 N–H and O–H groups in total. The Kier molecular flexibility index (Phi) is 6.68. The van der Waals surface area contributed by atoms with E-state index in [9.17, 15) is 9.59 Å². The second-order valence-electron chi connectivity index (χ2n) is 5.13. The molecule has 0 fully saturated rings. The lowest BCUT2D eigenvalue weighted by Crippen LogP contribution is -2.45. The van der Waals surface area contributed by atoms with Gasteiger partial charge in [0.1, 0.15) is 6.04 Å². The van der Waals surface area contributed by atoms with Gasteiger partial charge < -0.3 is 24.3 Å². The van der Waals surface area contributed by atoms with Gasteiger partial charge in [0.05, 0.1) is 28.4 Å². The minimum atomic E-state index is -0.744. The van der Waals surface area contributed by atoms with E-state index in [1.807, 2.05) is 13.8 Å². The Hall–Kier alpha value is -2.44. The van der Waals surface area contributed by atoms with Crippen LogP contribution in [0.3, 0.4) is 0 Å². The summed E-state index contributed by atoms with van der Waals surface area (Å²) in [7, 11) is 5.68. The Balaban J connectivity index is 3.14. The highest BCUT2D eigenvalue weighted by atomic mass is 16.5. The second-order valence-corrected chi connectivity index (χ2v) is 5.13. The predicted molar refractivity (Wildman–Crippen MR) is 84.2 cm³/mol. The minimum Gasteiger partial charge on any atom is -0.493 e. The van der Waals surface area contributed by atoms with Crippen molar-refractivity contribution in [2.45, 2.75) is 19.9 Å². The smallest absolute Gasteiger partial charge is 0.328 e. The highest BCUT2D eigenvalue weighted by Crippen LogP contribution is 2.38. The van der Waals surface area contributed by atoms with Gasteiger partial charge in [0, 0.05) is 5.56 Å². The second kappa shape index (κ2) is 8.26. The van der Waals surface area contributed by atoms with Gasteiger partial charge in [-0.05, 0) is 18.1 Å². The lowest BCUT2D eigenvalue weighted by molar-refractivity contribution is -0.144. The standard InChI is InChI=1S/C16H23NO6/c1-9(2)13(16(19)23-6)17-15(18)10-7-11(20-3)14(22-5)12(8-10)21-4/h7-9,13H,1-6H3,(H,17,18)/t13-/m1/s1. The quantitative estimate of drug-likeness (QED) is 0.767. The van der Waals surface area contributed by atoms with Crippen LogP contribution >= 0.6 is 0 Å². The fraction of sp³-hybridized carbons (Fsp3) is 0.500.